The molecule has 0 bridgehead atoms. The number of carbonyl (C=O) groups is 1. The van der Waals surface area contributed by atoms with Crippen LogP contribution in [0.5, 0.6) is 0 Å². The van der Waals surface area contributed by atoms with Crippen molar-refractivity contribution in [3.8, 4) is 0 Å². The Morgan fingerprint density at radius 2 is 2.38 bits per heavy atom. The first-order valence-electron chi connectivity index (χ1n) is 4.83. The zero-order valence-corrected chi connectivity index (χ0v) is 9.40. The van der Waals surface area contributed by atoms with Crippen molar-refractivity contribution in [1.82, 2.24) is 9.78 Å². The third kappa shape index (κ3) is 2.56. The van der Waals surface area contributed by atoms with Gasteiger partial charge in [0.2, 0.25) is 0 Å². The van der Waals surface area contributed by atoms with Crippen LogP contribution in [0.15, 0.2) is 23.6 Å². The highest BCUT2D eigenvalue weighted by Crippen LogP contribution is 2.01. The normalized spacial score (nSPS) is 9.88. The van der Waals surface area contributed by atoms with Gasteiger partial charge in [0.25, 0.3) is 5.56 Å². The molecular formula is C11H14N2O3. The number of carbonyl (C=O) groups excluding carboxylic acids is 1. The first-order valence-corrected chi connectivity index (χ1v) is 4.83. The maximum Gasteiger partial charge on any atom is 0.310 e. The number of methoxy groups -OCH3 is 1. The second kappa shape index (κ2) is 5.25. The lowest BCUT2D eigenvalue weighted by Gasteiger charge is -2.06. The lowest BCUT2D eigenvalue weighted by molar-refractivity contribution is -0.139. The molecule has 0 N–H and O–H groups in total. The maximum atomic E-state index is 11.9. The summed E-state index contributed by atoms with van der Waals surface area (Å²) in [6.07, 6.45) is 3.11. The zero-order chi connectivity index (χ0) is 12.1. The number of nitrogens with zero attached hydrogens (tertiary/aromatic N) is 2. The predicted octanol–water partition coefficient (Wildman–Crippen LogP) is 0.453. The lowest BCUT2D eigenvalue weighted by Crippen LogP contribution is -2.28. The molecule has 1 rings (SSSR count). The second-order valence-corrected chi connectivity index (χ2v) is 3.33. The Morgan fingerprint density at radius 1 is 1.69 bits per heavy atom. The van der Waals surface area contributed by atoms with Crippen molar-refractivity contribution in [2.45, 2.75) is 19.9 Å². The molecule has 0 saturated heterocycles. The molecular weight excluding hydrogens is 208 g/mol. The van der Waals surface area contributed by atoms with Crippen LogP contribution in [-0.4, -0.2) is 22.9 Å². The smallest absolute Gasteiger partial charge is 0.310 e. The SMILES string of the molecule is C=CCn1ncc(C)c(CC(=O)OC)c1=O. The van der Waals surface area contributed by atoms with E-state index < -0.39 is 5.97 Å². The minimum absolute atomic E-state index is 0.0270. The lowest BCUT2D eigenvalue weighted by atomic mass is 10.1. The fourth-order valence-electron chi connectivity index (χ4n) is 1.29. The van der Waals surface area contributed by atoms with Gasteiger partial charge in [-0.2, -0.15) is 5.10 Å². The van der Waals surface area contributed by atoms with Crippen molar-refractivity contribution in [2.75, 3.05) is 7.11 Å². The zero-order valence-electron chi connectivity index (χ0n) is 9.40. The molecule has 0 aliphatic heterocycles. The van der Waals surface area contributed by atoms with Gasteiger partial charge in [0.05, 0.1) is 26.3 Å². The van der Waals surface area contributed by atoms with Gasteiger partial charge in [-0.25, -0.2) is 4.68 Å². The molecule has 0 amide bonds. The molecule has 0 spiro atoms. The Balaban J connectivity index is 3.15. The van der Waals surface area contributed by atoms with Crippen LogP contribution >= 0.6 is 0 Å². The van der Waals surface area contributed by atoms with E-state index in [9.17, 15) is 9.59 Å². The molecule has 0 aromatic carbocycles. The summed E-state index contributed by atoms with van der Waals surface area (Å²) in [6, 6.07) is 0. The van der Waals surface area contributed by atoms with E-state index >= 15 is 0 Å². The van der Waals surface area contributed by atoms with Crippen LogP contribution in [0.4, 0.5) is 0 Å². The Kier molecular flexibility index (Phi) is 3.99. The minimum Gasteiger partial charge on any atom is -0.469 e. The molecule has 5 heteroatoms. The third-order valence-corrected chi connectivity index (χ3v) is 2.21. The number of ether oxygens (including phenoxy) is 1. The summed E-state index contributed by atoms with van der Waals surface area (Å²) in [5.74, 6) is -0.434. The first kappa shape index (κ1) is 12.2. The highest BCUT2D eigenvalue weighted by Gasteiger charge is 2.12. The number of hydrogen-bond donors (Lipinski definition) is 0. The first-order chi connectivity index (χ1) is 7.60. The largest absolute Gasteiger partial charge is 0.469 e. The highest BCUT2D eigenvalue weighted by molar-refractivity contribution is 5.72. The van der Waals surface area contributed by atoms with E-state index in [1.165, 1.54) is 11.8 Å². The van der Waals surface area contributed by atoms with E-state index in [0.717, 1.165) is 0 Å². The van der Waals surface area contributed by atoms with E-state index in [0.29, 0.717) is 17.7 Å². The summed E-state index contributed by atoms with van der Waals surface area (Å²) in [6.45, 7) is 5.60. The fourth-order valence-corrected chi connectivity index (χ4v) is 1.29. The van der Waals surface area contributed by atoms with Crippen LogP contribution in [0.2, 0.25) is 0 Å². The number of hydrogen-bond acceptors (Lipinski definition) is 4. The Hall–Kier alpha value is -1.91. The molecule has 0 aliphatic rings. The summed E-state index contributed by atoms with van der Waals surface area (Å²) < 4.78 is 5.80. The van der Waals surface area contributed by atoms with Crippen LogP contribution in [0.25, 0.3) is 0 Å². The van der Waals surface area contributed by atoms with E-state index in [4.69, 9.17) is 0 Å². The van der Waals surface area contributed by atoms with Gasteiger partial charge < -0.3 is 4.74 Å². The summed E-state index contributed by atoms with van der Waals surface area (Å²) in [7, 11) is 1.29. The van der Waals surface area contributed by atoms with E-state index in [1.54, 1.807) is 19.2 Å². The molecule has 86 valence electrons. The Bertz CT molecular complexity index is 463. The second-order valence-electron chi connectivity index (χ2n) is 3.33. The average Bonchev–Trinajstić information content (AvgIpc) is 2.28. The Morgan fingerprint density at radius 3 is 2.94 bits per heavy atom. The molecule has 0 atom stereocenters. The van der Waals surface area contributed by atoms with Gasteiger partial charge in [-0.1, -0.05) is 6.08 Å². The maximum absolute atomic E-state index is 11.9. The van der Waals surface area contributed by atoms with Crippen LogP contribution in [0, 0.1) is 6.92 Å². The van der Waals surface area contributed by atoms with E-state index in [-0.39, 0.29) is 12.0 Å². The van der Waals surface area contributed by atoms with Crippen molar-refractivity contribution < 1.29 is 9.53 Å². The average molecular weight is 222 g/mol. The monoisotopic (exact) mass is 222 g/mol. The van der Waals surface area contributed by atoms with Gasteiger partial charge in [-0.05, 0) is 12.5 Å². The van der Waals surface area contributed by atoms with Crippen LogP contribution in [0.1, 0.15) is 11.1 Å². The number of esters is 1. The standard InChI is InChI=1S/C11H14N2O3/c1-4-5-13-11(15)9(6-10(14)16-3)8(2)7-12-13/h4,7H,1,5-6H2,2-3H3. The van der Waals surface area contributed by atoms with Gasteiger partial charge in [0.15, 0.2) is 0 Å². The molecule has 0 aliphatic carbocycles. The molecule has 0 saturated carbocycles. The summed E-state index contributed by atoms with van der Waals surface area (Å²) in [5.41, 5.74) is 0.838. The van der Waals surface area contributed by atoms with Crippen LogP contribution < -0.4 is 5.56 Å². The molecule has 0 unspecified atom stereocenters. The number of aromatic nitrogens is 2. The molecule has 1 aromatic rings. The number of allylic oxidation sites excluding steroid dienone is 1. The topological polar surface area (TPSA) is 61.2 Å². The van der Waals surface area contributed by atoms with Crippen molar-refractivity contribution >= 4 is 5.97 Å². The van der Waals surface area contributed by atoms with Gasteiger partial charge >= 0.3 is 5.97 Å². The van der Waals surface area contributed by atoms with Crippen LogP contribution in [0.3, 0.4) is 0 Å². The number of aryl methyl sites for hydroxylation is 1. The minimum atomic E-state index is -0.434. The molecule has 0 fully saturated rings. The van der Waals surface area contributed by atoms with Crippen LogP contribution in [-0.2, 0) is 22.5 Å². The summed E-state index contributed by atoms with van der Waals surface area (Å²) >= 11 is 0. The molecule has 1 aromatic heterocycles. The van der Waals surface area contributed by atoms with Crippen molar-refractivity contribution in [3.05, 3.63) is 40.3 Å². The van der Waals surface area contributed by atoms with Crippen molar-refractivity contribution in [1.29, 1.82) is 0 Å². The third-order valence-electron chi connectivity index (χ3n) is 2.21. The quantitative estimate of drug-likeness (QED) is 0.548. The molecule has 5 nitrogen and oxygen atoms in total. The van der Waals surface area contributed by atoms with Crippen molar-refractivity contribution in [2.24, 2.45) is 0 Å². The van der Waals surface area contributed by atoms with Gasteiger partial charge in [0, 0.05) is 5.56 Å². The predicted molar refractivity (Wildman–Crippen MR) is 59.2 cm³/mol. The van der Waals surface area contributed by atoms with Crippen molar-refractivity contribution in [3.63, 3.8) is 0 Å². The van der Waals surface area contributed by atoms with E-state index in [1.807, 2.05) is 0 Å². The molecule has 16 heavy (non-hydrogen) atoms. The summed E-state index contributed by atoms with van der Waals surface area (Å²) in [5, 5.41) is 3.94. The fraction of sp³-hybridized carbons (Fsp3) is 0.364. The summed E-state index contributed by atoms with van der Waals surface area (Å²) in [4.78, 5) is 23.0. The molecule has 0 radical (unpaired) electrons. The van der Waals surface area contributed by atoms with Gasteiger partial charge in [-0.3, -0.25) is 9.59 Å². The molecule has 1 heterocycles. The highest BCUT2D eigenvalue weighted by atomic mass is 16.5. The van der Waals surface area contributed by atoms with Gasteiger partial charge in [-0.15, -0.1) is 6.58 Å². The van der Waals surface area contributed by atoms with Gasteiger partial charge in [0.1, 0.15) is 0 Å². The number of rotatable bonds is 4. The Labute approximate surface area is 93.4 Å². The van der Waals surface area contributed by atoms with E-state index in [2.05, 4.69) is 16.4 Å².